The predicted octanol–water partition coefficient (Wildman–Crippen LogP) is 1.54. The van der Waals surface area contributed by atoms with Gasteiger partial charge in [-0.3, -0.25) is 9.36 Å². The zero-order valence-corrected chi connectivity index (χ0v) is 13.8. The molecule has 3 aromatic rings. The van der Waals surface area contributed by atoms with Crippen LogP contribution in [0.25, 0.3) is 11.4 Å². The van der Waals surface area contributed by atoms with E-state index in [2.05, 4.69) is 15.2 Å². The number of nitrogens with zero attached hydrogens (tertiary/aromatic N) is 5. The molecule has 4 heterocycles. The maximum Gasteiger partial charge on any atom is 0.296 e. The standard InChI is InChI=1S/C18H18N6O/c25-18-17(22-21-15-7-4-9-24(15)18)23-10-8-13-14(11-23)20-16(19-13)12-5-2-1-3-6-12/h1-3,5-6H,4,7-11H2,(H,19,20). The molecule has 5 rings (SSSR count). The van der Waals surface area contributed by atoms with E-state index in [1.165, 1.54) is 0 Å². The van der Waals surface area contributed by atoms with Crippen molar-refractivity contribution in [1.82, 2.24) is 24.7 Å². The van der Waals surface area contributed by atoms with Crippen LogP contribution in [0.5, 0.6) is 0 Å². The molecule has 0 aliphatic carbocycles. The van der Waals surface area contributed by atoms with Gasteiger partial charge in [0.15, 0.2) is 0 Å². The summed E-state index contributed by atoms with van der Waals surface area (Å²) in [7, 11) is 0. The van der Waals surface area contributed by atoms with Gasteiger partial charge in [0.2, 0.25) is 5.82 Å². The number of aromatic amines is 1. The minimum atomic E-state index is -0.0197. The summed E-state index contributed by atoms with van der Waals surface area (Å²) >= 11 is 0. The number of H-pyrrole nitrogens is 1. The summed E-state index contributed by atoms with van der Waals surface area (Å²) in [5.41, 5.74) is 3.18. The molecule has 7 heteroatoms. The van der Waals surface area contributed by atoms with E-state index in [0.717, 1.165) is 61.0 Å². The molecule has 0 radical (unpaired) electrons. The minimum absolute atomic E-state index is 0.0197. The van der Waals surface area contributed by atoms with Gasteiger partial charge in [-0.05, 0) is 6.42 Å². The molecule has 1 aromatic carbocycles. The largest absolute Gasteiger partial charge is 0.344 e. The first kappa shape index (κ1) is 14.4. The normalized spacial score (nSPS) is 15.9. The molecule has 0 amide bonds. The molecule has 126 valence electrons. The van der Waals surface area contributed by atoms with E-state index in [0.29, 0.717) is 12.4 Å². The second-order valence-corrected chi connectivity index (χ2v) is 6.55. The van der Waals surface area contributed by atoms with Crippen LogP contribution in [0.1, 0.15) is 23.6 Å². The topological polar surface area (TPSA) is 79.7 Å². The van der Waals surface area contributed by atoms with Gasteiger partial charge in [-0.25, -0.2) is 4.98 Å². The highest BCUT2D eigenvalue weighted by Gasteiger charge is 2.26. The highest BCUT2D eigenvalue weighted by atomic mass is 16.1. The number of hydrogen-bond donors (Lipinski definition) is 1. The zero-order chi connectivity index (χ0) is 16.8. The third-order valence-corrected chi connectivity index (χ3v) is 4.97. The molecule has 0 unspecified atom stereocenters. The monoisotopic (exact) mass is 334 g/mol. The molecule has 2 aliphatic heterocycles. The maximum absolute atomic E-state index is 12.7. The minimum Gasteiger partial charge on any atom is -0.344 e. The lowest BCUT2D eigenvalue weighted by molar-refractivity contribution is 0.647. The quantitative estimate of drug-likeness (QED) is 0.769. The molecule has 25 heavy (non-hydrogen) atoms. The van der Waals surface area contributed by atoms with Crippen LogP contribution < -0.4 is 10.5 Å². The molecule has 2 aromatic heterocycles. The molecule has 0 bridgehead atoms. The maximum atomic E-state index is 12.7. The van der Waals surface area contributed by atoms with Crippen molar-refractivity contribution in [2.45, 2.75) is 32.4 Å². The Kier molecular flexibility index (Phi) is 3.19. The van der Waals surface area contributed by atoms with E-state index in [1.807, 2.05) is 35.2 Å². The average Bonchev–Trinajstić information content (AvgIpc) is 3.29. The van der Waals surface area contributed by atoms with Crippen molar-refractivity contribution < 1.29 is 0 Å². The second-order valence-electron chi connectivity index (χ2n) is 6.55. The summed E-state index contributed by atoms with van der Waals surface area (Å²) in [4.78, 5) is 22.8. The summed E-state index contributed by atoms with van der Waals surface area (Å²) in [6.45, 7) is 2.09. The number of imidazole rings is 1. The van der Waals surface area contributed by atoms with Crippen LogP contribution in [0.4, 0.5) is 5.82 Å². The third-order valence-electron chi connectivity index (χ3n) is 4.97. The van der Waals surface area contributed by atoms with Gasteiger partial charge in [0.05, 0.1) is 17.9 Å². The Bertz CT molecular complexity index is 991. The Morgan fingerprint density at radius 3 is 2.80 bits per heavy atom. The van der Waals surface area contributed by atoms with Crippen molar-refractivity contribution in [3.05, 3.63) is 57.9 Å². The van der Waals surface area contributed by atoms with Crippen molar-refractivity contribution in [3.63, 3.8) is 0 Å². The number of fused-ring (bicyclic) bond motifs is 2. The van der Waals surface area contributed by atoms with Crippen LogP contribution in [0.3, 0.4) is 0 Å². The van der Waals surface area contributed by atoms with Gasteiger partial charge in [0.25, 0.3) is 5.56 Å². The molecule has 0 spiro atoms. The number of aryl methyl sites for hydroxylation is 1. The van der Waals surface area contributed by atoms with Crippen molar-refractivity contribution in [2.75, 3.05) is 11.4 Å². The smallest absolute Gasteiger partial charge is 0.296 e. The van der Waals surface area contributed by atoms with E-state index in [-0.39, 0.29) is 5.56 Å². The fraction of sp³-hybridized carbons (Fsp3) is 0.333. The molecule has 0 saturated heterocycles. The highest BCUT2D eigenvalue weighted by Crippen LogP contribution is 2.24. The molecular formula is C18H18N6O. The van der Waals surface area contributed by atoms with Crippen molar-refractivity contribution >= 4 is 5.82 Å². The van der Waals surface area contributed by atoms with E-state index in [9.17, 15) is 4.79 Å². The van der Waals surface area contributed by atoms with Crippen LogP contribution in [0.15, 0.2) is 35.1 Å². The summed E-state index contributed by atoms with van der Waals surface area (Å²) in [5.74, 6) is 2.13. The van der Waals surface area contributed by atoms with Gasteiger partial charge in [0.1, 0.15) is 11.6 Å². The lowest BCUT2D eigenvalue weighted by Gasteiger charge is -2.26. The van der Waals surface area contributed by atoms with Gasteiger partial charge in [-0.1, -0.05) is 30.3 Å². The van der Waals surface area contributed by atoms with Crippen molar-refractivity contribution in [3.8, 4) is 11.4 Å². The number of benzene rings is 1. The number of hydrogen-bond acceptors (Lipinski definition) is 5. The van der Waals surface area contributed by atoms with Gasteiger partial charge < -0.3 is 9.88 Å². The predicted molar refractivity (Wildman–Crippen MR) is 93.4 cm³/mol. The third kappa shape index (κ3) is 2.34. The first-order valence-electron chi connectivity index (χ1n) is 8.64. The van der Waals surface area contributed by atoms with Crippen LogP contribution >= 0.6 is 0 Å². The molecule has 2 aliphatic rings. The Morgan fingerprint density at radius 1 is 1.04 bits per heavy atom. The SMILES string of the molecule is O=c1c(N2CCc3nc(-c4ccccc4)[nH]c3C2)nnc2n1CCC2. The lowest BCUT2D eigenvalue weighted by Crippen LogP contribution is -2.37. The summed E-state index contributed by atoms with van der Waals surface area (Å²) < 4.78 is 1.76. The Balaban J connectivity index is 1.47. The van der Waals surface area contributed by atoms with Crippen molar-refractivity contribution in [1.29, 1.82) is 0 Å². The Morgan fingerprint density at radius 2 is 1.92 bits per heavy atom. The van der Waals surface area contributed by atoms with Crippen LogP contribution in [0.2, 0.25) is 0 Å². The van der Waals surface area contributed by atoms with E-state index in [1.54, 1.807) is 4.57 Å². The van der Waals surface area contributed by atoms with Gasteiger partial charge >= 0.3 is 0 Å². The van der Waals surface area contributed by atoms with Crippen LogP contribution in [-0.4, -0.2) is 31.3 Å². The second kappa shape index (κ2) is 5.54. The van der Waals surface area contributed by atoms with Crippen LogP contribution in [-0.2, 0) is 25.9 Å². The average molecular weight is 334 g/mol. The molecule has 7 nitrogen and oxygen atoms in total. The van der Waals surface area contributed by atoms with E-state index in [4.69, 9.17) is 4.98 Å². The number of rotatable bonds is 2. The molecule has 0 atom stereocenters. The lowest BCUT2D eigenvalue weighted by atomic mass is 10.1. The summed E-state index contributed by atoms with van der Waals surface area (Å²) in [6.07, 6.45) is 2.60. The Labute approximate surface area is 144 Å². The molecule has 0 fully saturated rings. The van der Waals surface area contributed by atoms with Gasteiger partial charge in [0, 0.05) is 31.5 Å². The molecule has 0 saturated carbocycles. The molecular weight excluding hydrogens is 316 g/mol. The van der Waals surface area contributed by atoms with Gasteiger partial charge in [-0.2, -0.15) is 0 Å². The molecule has 1 N–H and O–H groups in total. The van der Waals surface area contributed by atoms with Gasteiger partial charge in [-0.15, -0.1) is 10.2 Å². The summed E-state index contributed by atoms with van der Waals surface area (Å²) in [6, 6.07) is 10.1. The van der Waals surface area contributed by atoms with Crippen molar-refractivity contribution in [2.24, 2.45) is 0 Å². The number of aromatic nitrogens is 5. The fourth-order valence-electron chi connectivity index (χ4n) is 3.66. The zero-order valence-electron chi connectivity index (χ0n) is 13.8. The van der Waals surface area contributed by atoms with Crippen LogP contribution in [0, 0.1) is 0 Å². The summed E-state index contributed by atoms with van der Waals surface area (Å²) in [5, 5.41) is 8.47. The number of anilines is 1. The van der Waals surface area contributed by atoms with E-state index >= 15 is 0 Å². The first-order valence-corrected chi connectivity index (χ1v) is 8.64. The Hall–Kier alpha value is -2.96. The van der Waals surface area contributed by atoms with E-state index < -0.39 is 0 Å². The fourth-order valence-corrected chi connectivity index (χ4v) is 3.66. The first-order chi connectivity index (χ1) is 12.3. The number of nitrogens with one attached hydrogen (secondary N) is 1. The highest BCUT2D eigenvalue weighted by molar-refractivity contribution is 5.56.